The van der Waals surface area contributed by atoms with Gasteiger partial charge in [0.15, 0.2) is 0 Å². The maximum absolute atomic E-state index is 12.4. The van der Waals surface area contributed by atoms with Gasteiger partial charge in [0, 0.05) is 22.6 Å². The second-order valence-corrected chi connectivity index (χ2v) is 6.71. The summed E-state index contributed by atoms with van der Waals surface area (Å²) in [5.41, 5.74) is 6.71. The summed E-state index contributed by atoms with van der Waals surface area (Å²) in [6.45, 7) is 4.07. The molecule has 2 aromatic carbocycles. The lowest BCUT2D eigenvalue weighted by Crippen LogP contribution is -2.18. The highest BCUT2D eigenvalue weighted by Gasteiger charge is 2.08. The number of fused-ring (bicyclic) bond motifs is 1. The van der Waals surface area contributed by atoms with Gasteiger partial charge >= 0.3 is 0 Å². The number of aryl methyl sites for hydroxylation is 2. The number of para-hydroxylation sites is 1. The van der Waals surface area contributed by atoms with Crippen LogP contribution in [0.3, 0.4) is 0 Å². The zero-order valence-corrected chi connectivity index (χ0v) is 16.0. The molecule has 0 radical (unpaired) electrons. The first-order chi connectivity index (χ1) is 14.0. The second-order valence-electron chi connectivity index (χ2n) is 6.71. The summed E-state index contributed by atoms with van der Waals surface area (Å²) >= 11 is 0. The summed E-state index contributed by atoms with van der Waals surface area (Å²) in [4.78, 5) is 24.7. The number of aromatic nitrogens is 1. The molecule has 0 aliphatic rings. The van der Waals surface area contributed by atoms with Crippen LogP contribution in [0.5, 0.6) is 0 Å². The Labute approximate surface area is 167 Å². The van der Waals surface area contributed by atoms with Gasteiger partial charge in [0.2, 0.25) is 5.43 Å². The molecule has 0 saturated carbocycles. The van der Waals surface area contributed by atoms with Gasteiger partial charge in [0.25, 0.3) is 5.91 Å². The fraction of sp³-hybridized carbons (Fsp3) is 0.0870. The summed E-state index contributed by atoms with van der Waals surface area (Å²) in [5, 5.41) is 4.36. The molecule has 144 valence electrons. The highest BCUT2D eigenvalue weighted by atomic mass is 16.3. The van der Waals surface area contributed by atoms with Crippen molar-refractivity contribution in [2.45, 2.75) is 13.8 Å². The first-order valence-corrected chi connectivity index (χ1v) is 9.14. The lowest BCUT2D eigenvalue weighted by molar-refractivity contribution is 0.0955. The Morgan fingerprint density at radius 3 is 2.41 bits per heavy atom. The molecule has 0 spiro atoms. The highest BCUT2D eigenvalue weighted by molar-refractivity contribution is 5.95. The highest BCUT2D eigenvalue weighted by Crippen LogP contribution is 2.17. The van der Waals surface area contributed by atoms with E-state index in [-0.39, 0.29) is 16.9 Å². The van der Waals surface area contributed by atoms with Crippen molar-refractivity contribution in [3.05, 3.63) is 99.7 Å². The third-order valence-electron chi connectivity index (χ3n) is 4.74. The number of hydrazone groups is 1. The first kappa shape index (κ1) is 18.4. The Morgan fingerprint density at radius 1 is 1.00 bits per heavy atom. The first-order valence-electron chi connectivity index (χ1n) is 9.14. The SMILES string of the molecule is Cc1ccc(C)n1-c1ccc(C(=O)NN=Cc2coc3ccccc3c2=O)cc1. The monoisotopic (exact) mass is 385 g/mol. The van der Waals surface area contributed by atoms with E-state index in [4.69, 9.17) is 4.42 Å². The van der Waals surface area contributed by atoms with Gasteiger partial charge in [-0.25, -0.2) is 5.43 Å². The zero-order chi connectivity index (χ0) is 20.4. The van der Waals surface area contributed by atoms with Gasteiger partial charge in [0.1, 0.15) is 11.8 Å². The minimum Gasteiger partial charge on any atom is -0.463 e. The third-order valence-corrected chi connectivity index (χ3v) is 4.74. The number of nitrogens with zero attached hydrogens (tertiary/aromatic N) is 2. The van der Waals surface area contributed by atoms with Crippen molar-refractivity contribution in [2.75, 3.05) is 0 Å². The molecule has 1 amide bonds. The molecule has 6 heteroatoms. The van der Waals surface area contributed by atoms with Gasteiger partial charge in [-0.3, -0.25) is 9.59 Å². The molecule has 0 aliphatic heterocycles. The van der Waals surface area contributed by atoms with Crippen LogP contribution in [0.15, 0.2) is 81.2 Å². The maximum atomic E-state index is 12.4. The van der Waals surface area contributed by atoms with E-state index >= 15 is 0 Å². The number of nitrogens with one attached hydrogen (secondary N) is 1. The summed E-state index contributed by atoms with van der Waals surface area (Å²) in [7, 11) is 0. The van der Waals surface area contributed by atoms with Crippen LogP contribution in [0.4, 0.5) is 0 Å². The van der Waals surface area contributed by atoms with E-state index in [2.05, 4.69) is 15.1 Å². The maximum Gasteiger partial charge on any atom is 0.271 e. The van der Waals surface area contributed by atoms with E-state index in [1.807, 2.05) is 38.1 Å². The summed E-state index contributed by atoms with van der Waals surface area (Å²) in [6, 6.07) is 18.3. The Morgan fingerprint density at radius 2 is 1.69 bits per heavy atom. The molecule has 0 aliphatic carbocycles. The quantitative estimate of drug-likeness (QED) is 0.427. The minimum atomic E-state index is -0.362. The van der Waals surface area contributed by atoms with E-state index in [9.17, 15) is 9.59 Å². The molecule has 29 heavy (non-hydrogen) atoms. The predicted molar refractivity (Wildman–Crippen MR) is 113 cm³/mol. The van der Waals surface area contributed by atoms with Crippen LogP contribution in [0.2, 0.25) is 0 Å². The average molecular weight is 385 g/mol. The summed E-state index contributed by atoms with van der Waals surface area (Å²) < 4.78 is 7.54. The van der Waals surface area contributed by atoms with Gasteiger partial charge < -0.3 is 8.98 Å². The zero-order valence-electron chi connectivity index (χ0n) is 16.0. The number of hydrogen-bond acceptors (Lipinski definition) is 4. The van der Waals surface area contributed by atoms with Crippen LogP contribution >= 0.6 is 0 Å². The normalized spacial score (nSPS) is 11.2. The molecule has 0 unspecified atom stereocenters. The summed E-state index contributed by atoms with van der Waals surface area (Å²) in [6.07, 6.45) is 2.62. The molecule has 6 nitrogen and oxygen atoms in total. The molecular weight excluding hydrogens is 366 g/mol. The predicted octanol–water partition coefficient (Wildman–Crippen LogP) is 3.96. The van der Waals surface area contributed by atoms with Crippen LogP contribution < -0.4 is 10.9 Å². The van der Waals surface area contributed by atoms with Crippen LogP contribution in [0.1, 0.15) is 27.3 Å². The van der Waals surface area contributed by atoms with Gasteiger partial charge in [-0.15, -0.1) is 0 Å². The van der Waals surface area contributed by atoms with Crippen LogP contribution in [0.25, 0.3) is 16.7 Å². The fourth-order valence-electron chi connectivity index (χ4n) is 3.24. The van der Waals surface area contributed by atoms with Crippen molar-refractivity contribution in [3.8, 4) is 5.69 Å². The van der Waals surface area contributed by atoms with Crippen molar-refractivity contribution in [1.82, 2.24) is 9.99 Å². The van der Waals surface area contributed by atoms with E-state index < -0.39 is 0 Å². The molecule has 4 rings (SSSR count). The van der Waals surface area contributed by atoms with Crippen LogP contribution in [-0.2, 0) is 0 Å². The number of carbonyl (C=O) groups excluding carboxylic acids is 1. The van der Waals surface area contributed by atoms with Crippen LogP contribution in [-0.4, -0.2) is 16.7 Å². The van der Waals surface area contributed by atoms with Crippen LogP contribution in [0, 0.1) is 13.8 Å². The number of carbonyl (C=O) groups is 1. The largest absolute Gasteiger partial charge is 0.463 e. The number of rotatable bonds is 4. The molecule has 4 aromatic rings. The van der Waals surface area contributed by atoms with Gasteiger partial charge in [-0.05, 0) is 62.4 Å². The van der Waals surface area contributed by atoms with Gasteiger partial charge in [0.05, 0.1) is 17.2 Å². The Bertz CT molecular complexity index is 1260. The number of hydrogen-bond donors (Lipinski definition) is 1. The molecule has 2 heterocycles. The van der Waals surface area contributed by atoms with Crippen molar-refractivity contribution in [3.63, 3.8) is 0 Å². The van der Waals surface area contributed by atoms with E-state index in [1.54, 1.807) is 36.4 Å². The second kappa shape index (κ2) is 7.59. The van der Waals surface area contributed by atoms with Crippen molar-refractivity contribution >= 4 is 23.1 Å². The molecule has 2 aromatic heterocycles. The van der Waals surface area contributed by atoms with Crippen molar-refractivity contribution in [1.29, 1.82) is 0 Å². The lowest BCUT2D eigenvalue weighted by Gasteiger charge is -2.10. The summed E-state index contributed by atoms with van der Waals surface area (Å²) in [5.74, 6) is -0.362. The topological polar surface area (TPSA) is 76.6 Å². The molecule has 0 atom stereocenters. The number of amides is 1. The van der Waals surface area contributed by atoms with Crippen molar-refractivity contribution in [2.24, 2.45) is 5.10 Å². The van der Waals surface area contributed by atoms with Crippen molar-refractivity contribution < 1.29 is 9.21 Å². The fourth-order valence-corrected chi connectivity index (χ4v) is 3.24. The average Bonchev–Trinajstić information content (AvgIpc) is 3.08. The molecular formula is C23H19N3O3. The number of benzene rings is 2. The Kier molecular flexibility index (Phi) is 4.83. The standard InChI is InChI=1S/C23H19N3O3/c1-15-7-8-16(2)26(15)19-11-9-17(10-12-19)23(28)25-24-13-18-14-29-21-6-4-3-5-20(21)22(18)27/h3-14H,1-2H3,(H,25,28). The minimum absolute atomic E-state index is 0.202. The molecule has 0 fully saturated rings. The van der Waals surface area contributed by atoms with E-state index in [1.165, 1.54) is 12.5 Å². The smallest absolute Gasteiger partial charge is 0.271 e. The molecule has 0 bridgehead atoms. The third kappa shape index (κ3) is 3.60. The van der Waals surface area contributed by atoms with Gasteiger partial charge in [-0.1, -0.05) is 12.1 Å². The Hall–Kier alpha value is -3.93. The lowest BCUT2D eigenvalue weighted by atomic mass is 10.2. The van der Waals surface area contributed by atoms with E-state index in [0.717, 1.165) is 17.1 Å². The van der Waals surface area contributed by atoms with E-state index in [0.29, 0.717) is 16.5 Å². The molecule has 0 saturated heterocycles. The molecule has 1 N–H and O–H groups in total. The van der Waals surface area contributed by atoms with Gasteiger partial charge in [-0.2, -0.15) is 5.10 Å². The Balaban J connectivity index is 1.49.